The fourth-order valence-electron chi connectivity index (χ4n) is 4.13. The molecule has 1 fully saturated rings. The molecule has 1 aromatic carbocycles. The largest absolute Gasteiger partial charge is 0.453 e. The van der Waals surface area contributed by atoms with Crippen LogP contribution in [-0.2, 0) is 16.0 Å². The molecule has 0 saturated heterocycles. The summed E-state index contributed by atoms with van der Waals surface area (Å²) in [6, 6.07) is 11.6. The minimum Gasteiger partial charge on any atom is -0.453 e. The Balaban J connectivity index is 1.26. The van der Waals surface area contributed by atoms with E-state index in [0.29, 0.717) is 43.1 Å². The van der Waals surface area contributed by atoms with Crippen molar-refractivity contribution >= 4 is 39.2 Å². The predicted molar refractivity (Wildman–Crippen MR) is 154 cm³/mol. The maximum absolute atomic E-state index is 14.8. The van der Waals surface area contributed by atoms with E-state index in [1.165, 1.54) is 23.5 Å². The molecule has 4 aromatic rings. The van der Waals surface area contributed by atoms with E-state index in [2.05, 4.69) is 20.6 Å². The van der Waals surface area contributed by atoms with Crippen LogP contribution in [0.1, 0.15) is 18.4 Å². The molecule has 0 atom stereocenters. The Morgan fingerprint density at radius 2 is 1.98 bits per heavy atom. The molecule has 214 valence electrons. The summed E-state index contributed by atoms with van der Waals surface area (Å²) in [5.41, 5.74) is 2.73. The normalized spacial score (nSPS) is 12.8. The zero-order valence-electron chi connectivity index (χ0n) is 22.4. The number of aromatic nitrogens is 2. The molecule has 41 heavy (non-hydrogen) atoms. The Bertz CT molecular complexity index is 1530. The molecular weight excluding hydrogens is 549 g/mol. The Morgan fingerprint density at radius 3 is 2.68 bits per heavy atom. The number of fused-ring (bicyclic) bond motifs is 1. The predicted octanol–water partition coefficient (Wildman–Crippen LogP) is 4.58. The van der Waals surface area contributed by atoms with E-state index < -0.39 is 12.4 Å². The fraction of sp³-hybridized carbons (Fsp3) is 0.310. The van der Waals surface area contributed by atoms with E-state index >= 15 is 0 Å². The SMILES string of the molecule is COCCN(CCc1ccc(-c2cc3nccc(Oc4ccc(NC(=O)NC5CC5)cc4F)c3s2)nc1)C(=O)CO. The smallest absolute Gasteiger partial charge is 0.319 e. The number of aliphatic hydroxyl groups excluding tert-OH is 1. The summed E-state index contributed by atoms with van der Waals surface area (Å²) in [5.74, 6) is -0.457. The second-order valence-corrected chi connectivity index (χ2v) is 10.6. The number of pyridine rings is 2. The van der Waals surface area contributed by atoms with Gasteiger partial charge >= 0.3 is 6.03 Å². The van der Waals surface area contributed by atoms with Crippen LogP contribution in [0.2, 0.25) is 0 Å². The van der Waals surface area contributed by atoms with Crippen LogP contribution in [0.3, 0.4) is 0 Å². The van der Waals surface area contributed by atoms with Gasteiger partial charge in [-0.1, -0.05) is 6.07 Å². The van der Waals surface area contributed by atoms with Crippen molar-refractivity contribution in [2.75, 3.05) is 38.7 Å². The number of nitrogens with zero attached hydrogens (tertiary/aromatic N) is 3. The number of ether oxygens (including phenoxy) is 2. The minimum absolute atomic E-state index is 0.0299. The summed E-state index contributed by atoms with van der Waals surface area (Å²) < 4.78 is 26.6. The van der Waals surface area contributed by atoms with Crippen LogP contribution < -0.4 is 15.4 Å². The van der Waals surface area contributed by atoms with Gasteiger partial charge in [-0.05, 0) is 49.1 Å². The maximum Gasteiger partial charge on any atom is 0.319 e. The molecule has 3 aromatic heterocycles. The van der Waals surface area contributed by atoms with Crippen LogP contribution in [0, 0.1) is 5.82 Å². The lowest BCUT2D eigenvalue weighted by molar-refractivity contribution is -0.134. The number of halogens is 1. The molecular formula is C29H30FN5O5S. The third-order valence-corrected chi connectivity index (χ3v) is 7.66. The molecule has 0 spiro atoms. The molecule has 0 aliphatic heterocycles. The lowest BCUT2D eigenvalue weighted by Crippen LogP contribution is -2.37. The number of anilines is 1. The first-order valence-electron chi connectivity index (χ1n) is 13.2. The highest BCUT2D eigenvalue weighted by Gasteiger charge is 2.23. The fourth-order valence-corrected chi connectivity index (χ4v) is 5.17. The van der Waals surface area contributed by atoms with Crippen LogP contribution in [0.25, 0.3) is 20.8 Å². The minimum atomic E-state index is -0.602. The number of thiophene rings is 1. The second kappa shape index (κ2) is 13.0. The number of carbonyl (C=O) groups is 2. The number of nitrogens with one attached hydrogen (secondary N) is 2. The van der Waals surface area contributed by atoms with Crippen molar-refractivity contribution in [3.8, 4) is 22.1 Å². The highest BCUT2D eigenvalue weighted by molar-refractivity contribution is 7.22. The highest BCUT2D eigenvalue weighted by Crippen LogP contribution is 2.39. The second-order valence-electron chi connectivity index (χ2n) is 9.59. The van der Waals surface area contributed by atoms with E-state index in [4.69, 9.17) is 9.47 Å². The van der Waals surface area contributed by atoms with Crippen LogP contribution in [0.15, 0.2) is 54.9 Å². The zero-order chi connectivity index (χ0) is 28.8. The van der Waals surface area contributed by atoms with Gasteiger partial charge in [-0.2, -0.15) is 0 Å². The average molecular weight is 580 g/mol. The summed E-state index contributed by atoms with van der Waals surface area (Å²) in [7, 11) is 1.56. The first kappa shape index (κ1) is 28.4. The number of aliphatic hydroxyl groups is 1. The van der Waals surface area contributed by atoms with Gasteiger partial charge in [0.05, 0.1) is 27.4 Å². The molecule has 3 N–H and O–H groups in total. The summed E-state index contributed by atoms with van der Waals surface area (Å²) in [4.78, 5) is 35.4. The molecule has 0 unspecified atom stereocenters. The molecule has 12 heteroatoms. The number of rotatable bonds is 12. The van der Waals surface area contributed by atoms with Crippen molar-refractivity contribution in [3.63, 3.8) is 0 Å². The molecule has 5 rings (SSSR count). The lowest BCUT2D eigenvalue weighted by atomic mass is 10.1. The molecule has 3 heterocycles. The van der Waals surface area contributed by atoms with E-state index in [9.17, 15) is 19.1 Å². The van der Waals surface area contributed by atoms with Crippen LogP contribution in [0.5, 0.6) is 11.5 Å². The topological polar surface area (TPSA) is 126 Å². The number of hydrogen-bond donors (Lipinski definition) is 3. The number of benzene rings is 1. The van der Waals surface area contributed by atoms with Gasteiger partial charge in [0.1, 0.15) is 12.4 Å². The Kier molecular flexibility index (Phi) is 9.02. The summed E-state index contributed by atoms with van der Waals surface area (Å²) in [5, 5.41) is 14.6. The van der Waals surface area contributed by atoms with E-state index in [1.807, 2.05) is 18.2 Å². The van der Waals surface area contributed by atoms with Gasteiger partial charge in [0.15, 0.2) is 11.6 Å². The molecule has 10 nitrogen and oxygen atoms in total. The summed E-state index contributed by atoms with van der Waals surface area (Å²) in [6.45, 7) is 0.700. The number of urea groups is 1. The summed E-state index contributed by atoms with van der Waals surface area (Å²) >= 11 is 1.43. The zero-order valence-corrected chi connectivity index (χ0v) is 23.2. The van der Waals surface area contributed by atoms with Gasteiger partial charge in [-0.3, -0.25) is 14.8 Å². The maximum atomic E-state index is 14.8. The standard InChI is InChI=1S/C29H30FN5O5S/c1-39-13-12-35(27(37)17-36)11-9-18-2-6-22(32-16-18)26-15-23-28(41-26)25(8-10-31-23)40-24-7-5-20(14-21(24)30)34-29(38)33-19-3-4-19/h2,5-8,10,14-16,19,36H,3-4,9,11-13,17H2,1H3,(H2,33,34,38). The molecule has 1 aliphatic rings. The molecule has 0 radical (unpaired) electrons. The van der Waals surface area contributed by atoms with Crippen LogP contribution in [-0.4, -0.2) is 71.4 Å². The first-order chi connectivity index (χ1) is 19.9. The summed E-state index contributed by atoms with van der Waals surface area (Å²) in [6.07, 6.45) is 5.87. The van der Waals surface area contributed by atoms with Crippen LogP contribution >= 0.6 is 11.3 Å². The lowest BCUT2D eigenvalue weighted by Gasteiger charge is -2.21. The first-order valence-corrected chi connectivity index (χ1v) is 14.0. The van der Waals surface area contributed by atoms with Gasteiger partial charge in [0.25, 0.3) is 0 Å². The number of methoxy groups -OCH3 is 1. The number of carbonyl (C=O) groups excluding carboxylic acids is 2. The van der Waals surface area contributed by atoms with E-state index in [-0.39, 0.29) is 23.7 Å². The monoisotopic (exact) mass is 579 g/mol. The van der Waals surface area contributed by atoms with Gasteiger partial charge < -0.3 is 30.1 Å². The van der Waals surface area contributed by atoms with Crippen molar-refractivity contribution in [2.45, 2.75) is 25.3 Å². The quantitative estimate of drug-likeness (QED) is 0.224. The van der Waals surface area contributed by atoms with E-state index in [0.717, 1.165) is 33.7 Å². The van der Waals surface area contributed by atoms with Crippen molar-refractivity contribution in [1.29, 1.82) is 0 Å². The average Bonchev–Trinajstić information content (AvgIpc) is 3.67. The number of hydrogen-bond acceptors (Lipinski definition) is 8. The molecule has 0 bridgehead atoms. The van der Waals surface area contributed by atoms with Gasteiger partial charge in [-0.25, -0.2) is 9.18 Å². The van der Waals surface area contributed by atoms with Gasteiger partial charge in [0, 0.05) is 56.5 Å². The van der Waals surface area contributed by atoms with Crippen molar-refractivity contribution in [3.05, 3.63) is 66.2 Å². The van der Waals surface area contributed by atoms with Crippen LogP contribution in [0.4, 0.5) is 14.9 Å². The third-order valence-electron chi connectivity index (χ3n) is 6.50. The number of amides is 3. The van der Waals surface area contributed by atoms with Crippen molar-refractivity contribution < 1.29 is 28.6 Å². The van der Waals surface area contributed by atoms with Gasteiger partial charge in [0.2, 0.25) is 5.91 Å². The highest BCUT2D eigenvalue weighted by atomic mass is 32.1. The Hall–Kier alpha value is -4.13. The molecule has 1 aliphatic carbocycles. The molecule has 1 saturated carbocycles. The Labute approximate surface area is 240 Å². The molecule has 3 amide bonds. The Morgan fingerprint density at radius 1 is 1.12 bits per heavy atom. The van der Waals surface area contributed by atoms with Gasteiger partial charge in [-0.15, -0.1) is 11.3 Å². The van der Waals surface area contributed by atoms with E-state index in [1.54, 1.807) is 36.5 Å². The van der Waals surface area contributed by atoms with Crippen molar-refractivity contribution in [1.82, 2.24) is 20.2 Å². The van der Waals surface area contributed by atoms with Crippen molar-refractivity contribution in [2.24, 2.45) is 0 Å². The third kappa shape index (κ3) is 7.34.